The number of aliphatic hydroxyl groups excluding tert-OH is 1. The largest absolute Gasteiger partial charge is 0.401 e. The highest BCUT2D eigenvalue weighted by molar-refractivity contribution is 5.27. The van der Waals surface area contributed by atoms with Crippen molar-refractivity contribution in [3.05, 3.63) is 35.4 Å². The van der Waals surface area contributed by atoms with E-state index in [1.54, 1.807) is 0 Å². The molecule has 18 heavy (non-hydrogen) atoms. The van der Waals surface area contributed by atoms with Gasteiger partial charge in [0.15, 0.2) is 0 Å². The van der Waals surface area contributed by atoms with E-state index in [0.29, 0.717) is 0 Å². The van der Waals surface area contributed by atoms with Crippen molar-refractivity contribution in [1.82, 2.24) is 5.32 Å². The third-order valence-electron chi connectivity index (χ3n) is 2.30. The summed E-state index contributed by atoms with van der Waals surface area (Å²) in [5.41, 5.74) is -0.0979. The van der Waals surface area contributed by atoms with Gasteiger partial charge < -0.3 is 5.11 Å². The second-order valence-electron chi connectivity index (χ2n) is 3.70. The van der Waals surface area contributed by atoms with Gasteiger partial charge in [-0.2, -0.15) is 13.2 Å². The molecule has 0 aliphatic rings. The van der Waals surface area contributed by atoms with Gasteiger partial charge >= 0.3 is 6.18 Å². The summed E-state index contributed by atoms with van der Waals surface area (Å²) in [7, 11) is 0. The zero-order valence-electron chi connectivity index (χ0n) is 9.22. The summed E-state index contributed by atoms with van der Waals surface area (Å²) < 4.78 is 60.9. The van der Waals surface area contributed by atoms with E-state index >= 15 is 0 Å². The smallest absolute Gasteiger partial charge is 0.394 e. The van der Waals surface area contributed by atoms with Gasteiger partial charge in [-0.15, -0.1) is 0 Å². The summed E-state index contributed by atoms with van der Waals surface area (Å²) in [6.07, 6.45) is -7.12. The van der Waals surface area contributed by atoms with Crippen molar-refractivity contribution in [2.45, 2.75) is 18.6 Å². The highest BCUT2D eigenvalue weighted by atomic mass is 19.4. The molecule has 0 saturated carbocycles. The van der Waals surface area contributed by atoms with Crippen LogP contribution >= 0.6 is 0 Å². The first-order valence-electron chi connectivity index (χ1n) is 5.12. The molecule has 0 spiro atoms. The van der Waals surface area contributed by atoms with Gasteiger partial charge in [0.25, 0.3) is 6.43 Å². The number of aliphatic hydroxyl groups is 1. The molecule has 7 heteroatoms. The summed E-state index contributed by atoms with van der Waals surface area (Å²) in [5, 5.41) is 11.1. The summed E-state index contributed by atoms with van der Waals surface area (Å²) in [6, 6.07) is 3.93. The molecule has 1 rings (SSSR count). The molecule has 0 fully saturated rings. The normalized spacial score (nSPS) is 13.9. The van der Waals surface area contributed by atoms with Crippen LogP contribution in [0.25, 0.3) is 0 Å². The van der Waals surface area contributed by atoms with Gasteiger partial charge in [-0.1, -0.05) is 18.2 Å². The number of alkyl halides is 5. The Morgan fingerprint density at radius 1 is 1.17 bits per heavy atom. The number of hydrogen-bond acceptors (Lipinski definition) is 2. The number of nitrogens with one attached hydrogen (secondary N) is 1. The van der Waals surface area contributed by atoms with E-state index in [1.807, 2.05) is 0 Å². The van der Waals surface area contributed by atoms with Crippen LogP contribution in [0.15, 0.2) is 24.3 Å². The first-order valence-corrected chi connectivity index (χ1v) is 5.12. The predicted octanol–water partition coefficient (Wildman–Crippen LogP) is 2.81. The lowest BCUT2D eigenvalue weighted by Crippen LogP contribution is -2.33. The minimum Gasteiger partial charge on any atom is -0.394 e. The van der Waals surface area contributed by atoms with Crippen molar-refractivity contribution < 1.29 is 27.1 Å². The van der Waals surface area contributed by atoms with Crippen LogP contribution in [0.5, 0.6) is 0 Å². The summed E-state index contributed by atoms with van der Waals surface area (Å²) in [4.78, 5) is 0. The van der Waals surface area contributed by atoms with Gasteiger partial charge in [-0.3, -0.25) is 5.32 Å². The third kappa shape index (κ3) is 4.58. The minimum absolute atomic E-state index is 0.194. The molecular formula is C11H12F5NO. The molecule has 0 radical (unpaired) electrons. The zero-order chi connectivity index (χ0) is 13.8. The van der Waals surface area contributed by atoms with Crippen LogP contribution in [0.3, 0.4) is 0 Å². The van der Waals surface area contributed by atoms with Crippen molar-refractivity contribution in [1.29, 1.82) is 0 Å². The van der Waals surface area contributed by atoms with E-state index in [4.69, 9.17) is 5.11 Å². The van der Waals surface area contributed by atoms with Crippen molar-refractivity contribution in [2.24, 2.45) is 0 Å². The van der Waals surface area contributed by atoms with Crippen LogP contribution in [-0.2, 0) is 0 Å². The Kier molecular flexibility index (Phi) is 5.03. The molecule has 1 atom stereocenters. The fourth-order valence-electron chi connectivity index (χ4n) is 1.44. The zero-order valence-corrected chi connectivity index (χ0v) is 9.22. The third-order valence-corrected chi connectivity index (χ3v) is 2.30. The molecule has 0 amide bonds. The second kappa shape index (κ2) is 6.10. The highest BCUT2D eigenvalue weighted by Gasteiger charge is 2.28. The van der Waals surface area contributed by atoms with Crippen LogP contribution in [0.4, 0.5) is 22.0 Å². The highest BCUT2D eigenvalue weighted by Crippen LogP contribution is 2.23. The van der Waals surface area contributed by atoms with Crippen LogP contribution in [0.1, 0.15) is 23.6 Å². The number of benzene rings is 1. The molecule has 2 nitrogen and oxygen atoms in total. The number of hydrogen-bond donors (Lipinski definition) is 2. The Bertz CT molecular complexity index is 380. The van der Waals surface area contributed by atoms with Crippen molar-refractivity contribution in [3.63, 3.8) is 0 Å². The van der Waals surface area contributed by atoms with E-state index in [-0.39, 0.29) is 11.1 Å². The van der Waals surface area contributed by atoms with Crippen molar-refractivity contribution in [2.75, 3.05) is 13.2 Å². The maximum absolute atomic E-state index is 12.4. The van der Waals surface area contributed by atoms with Crippen molar-refractivity contribution >= 4 is 0 Å². The average molecular weight is 269 g/mol. The van der Waals surface area contributed by atoms with E-state index in [2.05, 4.69) is 5.32 Å². The molecule has 102 valence electrons. The Morgan fingerprint density at radius 2 is 1.78 bits per heavy atom. The fraction of sp³-hybridized carbons (Fsp3) is 0.455. The molecule has 0 aromatic heterocycles. The van der Waals surface area contributed by atoms with Crippen LogP contribution in [0.2, 0.25) is 0 Å². The predicted molar refractivity (Wildman–Crippen MR) is 55.3 cm³/mol. The van der Waals surface area contributed by atoms with Crippen molar-refractivity contribution in [3.8, 4) is 0 Å². The molecule has 1 unspecified atom stereocenters. The molecule has 2 N–H and O–H groups in total. The lowest BCUT2D eigenvalue weighted by molar-refractivity contribution is -0.126. The monoisotopic (exact) mass is 269 g/mol. The van der Waals surface area contributed by atoms with E-state index < -0.39 is 31.8 Å². The molecule has 1 aromatic rings. The number of rotatable bonds is 5. The van der Waals surface area contributed by atoms with Gasteiger partial charge in [0.2, 0.25) is 0 Å². The molecule has 0 bridgehead atoms. The Morgan fingerprint density at radius 3 is 2.28 bits per heavy atom. The first kappa shape index (κ1) is 14.8. The second-order valence-corrected chi connectivity index (χ2v) is 3.70. The molecule has 1 aromatic carbocycles. The topological polar surface area (TPSA) is 32.3 Å². The van der Waals surface area contributed by atoms with Crippen LogP contribution in [-0.4, -0.2) is 24.4 Å². The quantitative estimate of drug-likeness (QED) is 0.806. The summed E-state index contributed by atoms with van der Waals surface area (Å²) >= 11 is 0. The van der Waals surface area contributed by atoms with Crippen LogP contribution < -0.4 is 5.32 Å². The van der Waals surface area contributed by atoms with Gasteiger partial charge in [0.05, 0.1) is 19.2 Å². The molecule has 0 heterocycles. The lowest BCUT2D eigenvalue weighted by atomic mass is 10.0. The fourth-order valence-corrected chi connectivity index (χ4v) is 1.44. The van der Waals surface area contributed by atoms with Gasteiger partial charge in [0.1, 0.15) is 0 Å². The van der Waals surface area contributed by atoms with E-state index in [0.717, 1.165) is 6.07 Å². The van der Waals surface area contributed by atoms with Crippen LogP contribution in [0, 0.1) is 0 Å². The van der Waals surface area contributed by atoms with E-state index in [9.17, 15) is 22.0 Å². The molecule has 0 saturated heterocycles. The summed E-state index contributed by atoms with van der Waals surface area (Å²) in [5.74, 6) is 0. The molecular weight excluding hydrogens is 257 g/mol. The summed E-state index contributed by atoms with van der Waals surface area (Å²) in [6.45, 7) is -1.90. The Hall–Kier alpha value is -1.21. The molecule has 0 aliphatic carbocycles. The number of halogens is 5. The van der Waals surface area contributed by atoms with Gasteiger partial charge in [-0.05, 0) is 11.6 Å². The van der Waals surface area contributed by atoms with Gasteiger partial charge in [-0.25, -0.2) is 8.78 Å². The van der Waals surface area contributed by atoms with E-state index in [1.165, 1.54) is 18.2 Å². The lowest BCUT2D eigenvalue weighted by Gasteiger charge is -2.18. The van der Waals surface area contributed by atoms with Gasteiger partial charge in [0, 0.05) is 5.56 Å². The maximum atomic E-state index is 12.4. The minimum atomic E-state index is -4.42. The maximum Gasteiger partial charge on any atom is 0.401 e. The SMILES string of the molecule is OCC(NCC(F)(F)F)c1cccc(C(F)F)c1. The average Bonchev–Trinajstić information content (AvgIpc) is 2.28. The standard InChI is InChI=1S/C11H12F5NO/c12-10(13)8-3-1-2-7(4-8)9(5-18)17-6-11(14,15)16/h1-4,9-10,17-18H,5-6H2. The Labute approximate surface area is 100 Å². The first-order chi connectivity index (χ1) is 8.33. The molecule has 0 aliphatic heterocycles. The Balaban J connectivity index is 2.78.